The molecule has 37 heavy (non-hydrogen) atoms. The van der Waals surface area contributed by atoms with Crippen molar-refractivity contribution in [1.29, 1.82) is 0 Å². The van der Waals surface area contributed by atoms with Crippen molar-refractivity contribution in [1.82, 2.24) is 15.6 Å². The number of H-pyrrole nitrogens is 1. The number of carbonyl (C=O) groups is 1. The number of pyridine rings is 1. The zero-order valence-electron chi connectivity index (χ0n) is 21.2. The van der Waals surface area contributed by atoms with Crippen LogP contribution in [0.2, 0.25) is 0 Å². The van der Waals surface area contributed by atoms with Crippen molar-refractivity contribution in [3.63, 3.8) is 0 Å². The second kappa shape index (κ2) is 12.6. The first-order chi connectivity index (χ1) is 17.6. The van der Waals surface area contributed by atoms with Gasteiger partial charge in [0.25, 0.3) is 5.56 Å². The third-order valence-corrected chi connectivity index (χ3v) is 6.39. The van der Waals surface area contributed by atoms with Crippen LogP contribution >= 0.6 is 0 Å². The van der Waals surface area contributed by atoms with E-state index in [1.807, 2.05) is 18.2 Å². The molecule has 0 fully saturated rings. The normalized spacial score (nSPS) is 12.8. The van der Waals surface area contributed by atoms with Crippen LogP contribution in [0.1, 0.15) is 40.4 Å². The van der Waals surface area contributed by atoms with Gasteiger partial charge in [-0.05, 0) is 55.5 Å². The van der Waals surface area contributed by atoms with Crippen molar-refractivity contribution < 1.29 is 23.8 Å². The topological polar surface area (TPSA) is 114 Å². The summed E-state index contributed by atoms with van der Waals surface area (Å²) in [7, 11) is 0. The summed E-state index contributed by atoms with van der Waals surface area (Å²) < 4.78 is 27.5. The Balaban J connectivity index is 1.74. The monoisotopic (exact) mass is 513 g/mol. The first kappa shape index (κ1) is 28.0. The molecular formula is C28H33F2N3O4. The number of amides is 1. The average molecular weight is 514 g/mol. The number of hydrogen-bond acceptors (Lipinski definition) is 5. The number of nitrogens with one attached hydrogen (secondary N) is 3. The summed E-state index contributed by atoms with van der Waals surface area (Å²) in [6.45, 7) is 5.89. The Kier molecular flexibility index (Phi) is 9.54. The molecule has 1 amide bonds. The molecule has 0 spiro atoms. The predicted molar refractivity (Wildman–Crippen MR) is 137 cm³/mol. The van der Waals surface area contributed by atoms with Crippen molar-refractivity contribution in [3.05, 3.63) is 98.0 Å². The molecular weight excluding hydrogens is 480 g/mol. The molecule has 1 aromatic heterocycles. The van der Waals surface area contributed by atoms with Crippen LogP contribution in [0.5, 0.6) is 5.75 Å². The van der Waals surface area contributed by atoms with Gasteiger partial charge in [0.2, 0.25) is 5.91 Å². The summed E-state index contributed by atoms with van der Waals surface area (Å²) in [6, 6.07) is 10.1. The van der Waals surface area contributed by atoms with E-state index in [2.05, 4.69) is 28.6 Å². The quantitative estimate of drug-likeness (QED) is 0.271. The van der Waals surface area contributed by atoms with E-state index in [0.29, 0.717) is 17.8 Å². The molecule has 0 aliphatic carbocycles. The highest BCUT2D eigenvalue weighted by Gasteiger charge is 2.24. The van der Waals surface area contributed by atoms with Crippen molar-refractivity contribution in [2.24, 2.45) is 0 Å². The number of carbonyl (C=O) groups excluding carboxylic acids is 1. The maximum Gasteiger partial charge on any atom is 0.255 e. The van der Waals surface area contributed by atoms with E-state index in [9.17, 15) is 28.6 Å². The second-order valence-corrected chi connectivity index (χ2v) is 9.24. The fraction of sp³-hybridized carbons (Fsp3) is 0.357. The summed E-state index contributed by atoms with van der Waals surface area (Å²) in [5, 5.41) is 27.1. The van der Waals surface area contributed by atoms with E-state index < -0.39 is 41.7 Å². The number of aromatic hydroxyl groups is 1. The number of aromatic nitrogens is 1. The van der Waals surface area contributed by atoms with Gasteiger partial charge in [-0.15, -0.1) is 0 Å². The molecule has 0 saturated carbocycles. The number of aliphatic hydroxyl groups is 1. The molecule has 2 aromatic carbocycles. The van der Waals surface area contributed by atoms with E-state index in [4.69, 9.17) is 0 Å². The van der Waals surface area contributed by atoms with Gasteiger partial charge in [0, 0.05) is 30.4 Å². The summed E-state index contributed by atoms with van der Waals surface area (Å²) in [4.78, 5) is 27.8. The number of aromatic amines is 1. The molecule has 1 heterocycles. The lowest BCUT2D eigenvalue weighted by Crippen LogP contribution is -2.49. The SMILES string of the molecule is CCc1cccc(CNCC(O)C(Cc2cc(F)cc(F)c2)NC(=O)Cc2c(O)c(C)c(C)[nH]c2=O)c1. The van der Waals surface area contributed by atoms with Gasteiger partial charge in [-0.2, -0.15) is 0 Å². The molecule has 2 unspecified atom stereocenters. The van der Waals surface area contributed by atoms with E-state index in [1.165, 1.54) is 5.56 Å². The van der Waals surface area contributed by atoms with Crippen LogP contribution in [-0.4, -0.2) is 39.8 Å². The van der Waals surface area contributed by atoms with Crippen LogP contribution in [0.3, 0.4) is 0 Å². The van der Waals surface area contributed by atoms with E-state index in [1.54, 1.807) is 13.8 Å². The molecule has 5 N–H and O–H groups in total. The van der Waals surface area contributed by atoms with Crippen LogP contribution in [0.25, 0.3) is 0 Å². The van der Waals surface area contributed by atoms with Crippen molar-refractivity contribution >= 4 is 5.91 Å². The third-order valence-electron chi connectivity index (χ3n) is 6.39. The van der Waals surface area contributed by atoms with Gasteiger partial charge in [0.15, 0.2) is 0 Å². The van der Waals surface area contributed by atoms with Crippen molar-refractivity contribution in [2.75, 3.05) is 6.54 Å². The summed E-state index contributed by atoms with van der Waals surface area (Å²) in [6.07, 6.45) is -0.700. The molecule has 0 radical (unpaired) electrons. The molecule has 2 atom stereocenters. The Morgan fingerprint density at radius 2 is 1.73 bits per heavy atom. The van der Waals surface area contributed by atoms with Crippen LogP contribution in [0, 0.1) is 25.5 Å². The van der Waals surface area contributed by atoms with Gasteiger partial charge in [0.05, 0.1) is 24.1 Å². The smallest absolute Gasteiger partial charge is 0.255 e. The molecule has 0 aliphatic heterocycles. The minimum atomic E-state index is -1.11. The molecule has 0 saturated heterocycles. The predicted octanol–water partition coefficient (Wildman–Crippen LogP) is 2.96. The number of halogens is 2. The molecule has 7 nitrogen and oxygen atoms in total. The second-order valence-electron chi connectivity index (χ2n) is 9.24. The van der Waals surface area contributed by atoms with E-state index in [-0.39, 0.29) is 29.8 Å². The fourth-order valence-electron chi connectivity index (χ4n) is 4.17. The highest BCUT2D eigenvalue weighted by molar-refractivity contribution is 5.79. The first-order valence-corrected chi connectivity index (χ1v) is 12.2. The number of rotatable bonds is 11. The lowest BCUT2D eigenvalue weighted by Gasteiger charge is -2.25. The highest BCUT2D eigenvalue weighted by atomic mass is 19.1. The van der Waals surface area contributed by atoms with Gasteiger partial charge in [0.1, 0.15) is 17.4 Å². The molecule has 198 valence electrons. The first-order valence-electron chi connectivity index (χ1n) is 12.2. The molecule has 0 aliphatic rings. The van der Waals surface area contributed by atoms with E-state index >= 15 is 0 Å². The molecule has 3 rings (SSSR count). The molecule has 9 heteroatoms. The van der Waals surface area contributed by atoms with Gasteiger partial charge in [-0.3, -0.25) is 9.59 Å². The number of benzene rings is 2. The minimum Gasteiger partial charge on any atom is -0.507 e. The Bertz CT molecular complexity index is 1290. The Morgan fingerprint density at radius 1 is 1.05 bits per heavy atom. The highest BCUT2D eigenvalue weighted by Crippen LogP contribution is 2.21. The Morgan fingerprint density at radius 3 is 2.41 bits per heavy atom. The zero-order valence-corrected chi connectivity index (χ0v) is 21.2. The van der Waals surface area contributed by atoms with Crippen molar-refractivity contribution in [2.45, 2.75) is 58.7 Å². The zero-order chi connectivity index (χ0) is 27.1. The van der Waals surface area contributed by atoms with Gasteiger partial charge >= 0.3 is 0 Å². The number of hydrogen-bond donors (Lipinski definition) is 5. The Hall–Kier alpha value is -3.56. The molecule has 0 bridgehead atoms. The van der Waals surface area contributed by atoms with Crippen LogP contribution in [0.15, 0.2) is 47.3 Å². The summed E-state index contributed by atoms with van der Waals surface area (Å²) in [5.74, 6) is -2.43. The average Bonchev–Trinajstić information content (AvgIpc) is 2.84. The van der Waals surface area contributed by atoms with Gasteiger partial charge in [-0.25, -0.2) is 8.78 Å². The largest absolute Gasteiger partial charge is 0.507 e. The lowest BCUT2D eigenvalue weighted by molar-refractivity contribution is -0.122. The third kappa shape index (κ3) is 7.71. The van der Waals surface area contributed by atoms with Crippen LogP contribution in [0.4, 0.5) is 8.78 Å². The number of aliphatic hydroxyl groups excluding tert-OH is 1. The maximum atomic E-state index is 13.8. The molecule has 3 aromatic rings. The summed E-state index contributed by atoms with van der Waals surface area (Å²) >= 11 is 0. The van der Waals surface area contributed by atoms with Crippen LogP contribution in [-0.2, 0) is 30.6 Å². The maximum absolute atomic E-state index is 13.8. The number of aryl methyl sites for hydroxylation is 2. The van der Waals surface area contributed by atoms with Gasteiger partial charge < -0.3 is 25.8 Å². The lowest BCUT2D eigenvalue weighted by atomic mass is 9.99. The summed E-state index contributed by atoms with van der Waals surface area (Å²) in [5.41, 5.74) is 2.72. The standard InChI is InChI=1S/C28H33F2N3O4/c1-4-18-6-5-7-19(8-18)14-31-15-25(34)24(11-20-9-21(29)12-22(30)10-20)33-26(35)13-23-27(36)16(2)17(3)32-28(23)37/h5-10,12,24-25,31,34H,4,11,13-15H2,1-3H3,(H,33,35)(H2,32,36,37). The van der Waals surface area contributed by atoms with Crippen molar-refractivity contribution in [3.8, 4) is 5.75 Å². The Labute approximate surface area is 214 Å². The minimum absolute atomic E-state index is 0.0517. The van der Waals surface area contributed by atoms with Crippen LogP contribution < -0.4 is 16.2 Å². The van der Waals surface area contributed by atoms with E-state index in [0.717, 1.165) is 30.2 Å². The van der Waals surface area contributed by atoms with Gasteiger partial charge in [-0.1, -0.05) is 31.2 Å². The fourth-order valence-corrected chi connectivity index (χ4v) is 4.17.